The van der Waals surface area contributed by atoms with Gasteiger partial charge in [0.05, 0.1) is 17.3 Å². The quantitative estimate of drug-likeness (QED) is 0.658. The van der Waals surface area contributed by atoms with Gasteiger partial charge in [0.1, 0.15) is 5.82 Å². The summed E-state index contributed by atoms with van der Waals surface area (Å²) in [5.74, 6) is -2.21. The molecule has 0 saturated carbocycles. The summed E-state index contributed by atoms with van der Waals surface area (Å²) in [7, 11) is 0. The minimum absolute atomic E-state index is 0.134. The minimum atomic E-state index is -1.24. The first kappa shape index (κ1) is 21.4. The van der Waals surface area contributed by atoms with Crippen molar-refractivity contribution in [1.82, 2.24) is 5.32 Å². The molecule has 0 saturated heterocycles. The molecule has 2 aromatic carbocycles. The van der Waals surface area contributed by atoms with Gasteiger partial charge in [-0.3, -0.25) is 4.79 Å². The summed E-state index contributed by atoms with van der Waals surface area (Å²) >= 11 is 0. The summed E-state index contributed by atoms with van der Waals surface area (Å²) in [6.07, 6.45) is -0.755. The maximum atomic E-state index is 13.4. The second-order valence-corrected chi connectivity index (χ2v) is 7.54. The molecule has 0 heterocycles. The summed E-state index contributed by atoms with van der Waals surface area (Å²) in [6, 6.07) is 9.42. The van der Waals surface area contributed by atoms with E-state index in [4.69, 9.17) is 10.5 Å². The van der Waals surface area contributed by atoms with Gasteiger partial charge < -0.3 is 20.9 Å². The highest BCUT2D eigenvalue weighted by molar-refractivity contribution is 6.01. The number of nitrogen functional groups attached to an aromatic ring is 1. The van der Waals surface area contributed by atoms with Crippen LogP contribution >= 0.6 is 0 Å². The molecular weight excluding hydrogens is 363 g/mol. The van der Waals surface area contributed by atoms with Crippen molar-refractivity contribution < 1.29 is 23.8 Å². The fourth-order valence-corrected chi connectivity index (χ4v) is 2.84. The number of carbonyl (C=O) groups excluding carboxylic acids is 1. The number of amides is 1. The Morgan fingerprint density at radius 2 is 1.79 bits per heavy atom. The van der Waals surface area contributed by atoms with Gasteiger partial charge in [0, 0.05) is 5.69 Å². The number of hydrogen-bond donors (Lipinski definition) is 3. The Bertz CT molecular complexity index is 877. The van der Waals surface area contributed by atoms with Crippen molar-refractivity contribution in [2.45, 2.75) is 45.4 Å². The number of carboxylic acids is 1. The van der Waals surface area contributed by atoms with Gasteiger partial charge in [-0.2, -0.15) is 0 Å². The van der Waals surface area contributed by atoms with E-state index >= 15 is 0 Å². The number of nitrogens with one attached hydrogen (secondary N) is 1. The first-order valence-corrected chi connectivity index (χ1v) is 8.85. The lowest BCUT2D eigenvalue weighted by Gasteiger charge is -2.29. The van der Waals surface area contributed by atoms with Gasteiger partial charge in [-0.25, -0.2) is 9.18 Å². The molecule has 0 aromatic heterocycles. The number of ether oxygens (including phenoxy) is 1. The van der Waals surface area contributed by atoms with Crippen molar-refractivity contribution in [2.24, 2.45) is 0 Å². The van der Waals surface area contributed by atoms with Crippen molar-refractivity contribution >= 4 is 17.6 Å². The van der Waals surface area contributed by atoms with Crippen LogP contribution in [0.1, 0.15) is 38.1 Å². The van der Waals surface area contributed by atoms with E-state index in [0.717, 1.165) is 0 Å². The molecule has 150 valence electrons. The van der Waals surface area contributed by atoms with E-state index in [9.17, 15) is 19.1 Å². The van der Waals surface area contributed by atoms with E-state index in [-0.39, 0.29) is 17.1 Å². The van der Waals surface area contributed by atoms with E-state index in [1.807, 2.05) is 0 Å². The van der Waals surface area contributed by atoms with Gasteiger partial charge in [0.2, 0.25) is 0 Å². The van der Waals surface area contributed by atoms with E-state index in [2.05, 4.69) is 5.32 Å². The predicted octanol–water partition coefficient (Wildman–Crippen LogP) is 3.46. The van der Waals surface area contributed by atoms with Crippen LogP contribution in [0, 0.1) is 5.82 Å². The lowest BCUT2D eigenvalue weighted by atomic mass is 10.0. The summed E-state index contributed by atoms with van der Waals surface area (Å²) in [5, 5.41) is 11.9. The Balaban J connectivity index is 2.22. The maximum Gasteiger partial charge on any atom is 0.328 e. The number of nitrogens with two attached hydrogens (primary N) is 1. The third-order valence-electron chi connectivity index (χ3n) is 4.02. The highest BCUT2D eigenvalue weighted by Crippen LogP contribution is 2.25. The molecule has 0 fully saturated rings. The Hall–Kier alpha value is -2.93. The Labute approximate surface area is 163 Å². The fraction of sp³-hybridized carbons (Fsp3) is 0.333. The van der Waals surface area contributed by atoms with Crippen LogP contribution in [-0.4, -0.2) is 34.7 Å². The smallest absolute Gasteiger partial charge is 0.328 e. The number of carbonyl (C=O) groups is 2. The number of rotatable bonds is 6. The third kappa shape index (κ3) is 5.53. The Kier molecular flexibility index (Phi) is 6.41. The van der Waals surface area contributed by atoms with E-state index < -0.39 is 29.6 Å². The summed E-state index contributed by atoms with van der Waals surface area (Å²) < 4.78 is 19.1. The SMILES string of the molecule is C[C@@H](OC(C)(C)C)[C@H](NC(=O)c1ccc(-c2cccc(F)c2)cc1N)C(=O)O. The zero-order chi connectivity index (χ0) is 21.1. The van der Waals surface area contributed by atoms with Gasteiger partial charge in [0.25, 0.3) is 5.91 Å². The van der Waals surface area contributed by atoms with Crippen LogP contribution in [0.4, 0.5) is 10.1 Å². The molecule has 0 aliphatic heterocycles. The van der Waals surface area contributed by atoms with Crippen molar-refractivity contribution in [1.29, 1.82) is 0 Å². The molecule has 0 unspecified atom stereocenters. The van der Waals surface area contributed by atoms with Crippen LogP contribution in [0.3, 0.4) is 0 Å². The van der Waals surface area contributed by atoms with Crippen LogP contribution < -0.4 is 11.1 Å². The molecule has 2 aromatic rings. The molecule has 2 rings (SSSR count). The predicted molar refractivity (Wildman–Crippen MR) is 105 cm³/mol. The number of carboxylic acid groups (broad SMARTS) is 1. The number of halogens is 1. The van der Waals surface area contributed by atoms with Crippen molar-refractivity contribution in [2.75, 3.05) is 5.73 Å². The number of aliphatic carboxylic acids is 1. The zero-order valence-electron chi connectivity index (χ0n) is 16.3. The molecule has 0 bridgehead atoms. The van der Waals surface area contributed by atoms with Crippen molar-refractivity contribution in [3.8, 4) is 11.1 Å². The van der Waals surface area contributed by atoms with Gasteiger partial charge in [-0.15, -0.1) is 0 Å². The summed E-state index contributed by atoms with van der Waals surface area (Å²) in [6.45, 7) is 6.98. The highest BCUT2D eigenvalue weighted by atomic mass is 19.1. The van der Waals surface area contributed by atoms with E-state index in [1.165, 1.54) is 18.2 Å². The molecule has 6 nitrogen and oxygen atoms in total. The average Bonchev–Trinajstić information content (AvgIpc) is 2.57. The molecule has 0 spiro atoms. The summed E-state index contributed by atoms with van der Waals surface area (Å²) in [5.41, 5.74) is 6.99. The topological polar surface area (TPSA) is 102 Å². The third-order valence-corrected chi connectivity index (χ3v) is 4.02. The lowest BCUT2D eigenvalue weighted by Crippen LogP contribution is -2.50. The highest BCUT2D eigenvalue weighted by Gasteiger charge is 2.31. The number of anilines is 1. The molecule has 7 heteroatoms. The number of hydrogen-bond acceptors (Lipinski definition) is 4. The molecule has 0 radical (unpaired) electrons. The standard InChI is InChI=1S/C21H25FN2O4/c1-12(28-21(2,3)4)18(20(26)27)24-19(25)16-9-8-14(11-17(16)23)13-6-5-7-15(22)10-13/h5-12,18H,23H2,1-4H3,(H,24,25)(H,26,27)/t12-,18+/m1/s1. The fourth-order valence-electron chi connectivity index (χ4n) is 2.84. The van der Waals surface area contributed by atoms with Gasteiger partial charge in [-0.1, -0.05) is 18.2 Å². The molecule has 2 atom stereocenters. The van der Waals surface area contributed by atoms with E-state index in [0.29, 0.717) is 11.1 Å². The van der Waals surface area contributed by atoms with Crippen LogP contribution in [-0.2, 0) is 9.53 Å². The Morgan fingerprint density at radius 3 is 2.32 bits per heavy atom. The first-order valence-electron chi connectivity index (χ1n) is 8.85. The lowest BCUT2D eigenvalue weighted by molar-refractivity contribution is -0.146. The normalized spacial score (nSPS) is 13.6. The molecular formula is C21H25FN2O4. The second-order valence-electron chi connectivity index (χ2n) is 7.54. The molecule has 0 aliphatic rings. The van der Waals surface area contributed by atoms with Gasteiger partial charge >= 0.3 is 5.97 Å². The van der Waals surface area contributed by atoms with Crippen LogP contribution in [0.5, 0.6) is 0 Å². The van der Waals surface area contributed by atoms with Crippen molar-refractivity contribution in [3.05, 3.63) is 53.8 Å². The van der Waals surface area contributed by atoms with Gasteiger partial charge in [0.15, 0.2) is 6.04 Å². The molecule has 4 N–H and O–H groups in total. The monoisotopic (exact) mass is 388 g/mol. The molecule has 28 heavy (non-hydrogen) atoms. The largest absolute Gasteiger partial charge is 0.480 e. The maximum absolute atomic E-state index is 13.4. The van der Waals surface area contributed by atoms with Crippen molar-refractivity contribution in [3.63, 3.8) is 0 Å². The Morgan fingerprint density at radius 1 is 1.14 bits per heavy atom. The minimum Gasteiger partial charge on any atom is -0.480 e. The van der Waals surface area contributed by atoms with Gasteiger partial charge in [-0.05, 0) is 63.1 Å². The summed E-state index contributed by atoms with van der Waals surface area (Å²) in [4.78, 5) is 24.2. The molecule has 1 amide bonds. The van der Waals surface area contributed by atoms with E-state index in [1.54, 1.807) is 52.0 Å². The zero-order valence-corrected chi connectivity index (χ0v) is 16.3. The van der Waals surface area contributed by atoms with Crippen LogP contribution in [0.25, 0.3) is 11.1 Å². The average molecular weight is 388 g/mol. The molecule has 0 aliphatic carbocycles. The van der Waals surface area contributed by atoms with Crippen LogP contribution in [0.15, 0.2) is 42.5 Å². The number of benzene rings is 2. The second kappa shape index (κ2) is 8.39. The first-order chi connectivity index (χ1) is 13.0. The van der Waals surface area contributed by atoms with Crippen LogP contribution in [0.2, 0.25) is 0 Å².